The van der Waals surface area contributed by atoms with Crippen molar-refractivity contribution in [2.75, 3.05) is 0 Å². The van der Waals surface area contributed by atoms with Crippen molar-refractivity contribution in [3.05, 3.63) is 64.6 Å². The number of benzene rings is 2. The maximum Gasteiger partial charge on any atom is 0.0696 e. The Morgan fingerprint density at radius 1 is 0.350 bits per heavy atom. The summed E-state index contributed by atoms with van der Waals surface area (Å²) in [5.74, 6) is 5.55. The first-order chi connectivity index (χ1) is 19.6. The van der Waals surface area contributed by atoms with Crippen LogP contribution in [-0.2, 0) is 0 Å². The van der Waals surface area contributed by atoms with E-state index >= 15 is 0 Å². The van der Waals surface area contributed by atoms with E-state index in [4.69, 9.17) is 0 Å². The lowest BCUT2D eigenvalue weighted by molar-refractivity contribution is 0.336. The molecule has 0 aliphatic heterocycles. The zero-order valence-electron chi connectivity index (χ0n) is 23.7. The third-order valence-corrected chi connectivity index (χ3v) is 15.6. The van der Waals surface area contributed by atoms with Crippen LogP contribution >= 0.6 is 31.9 Å². The standard InChI is InChI=1S/C37H41Br2N/c38-35-29-21-9-1-17(2-10-21)25(29)33(26-18-3-11-22(12-4-18)30(26)35)37(40)34-27-19-5-13-23(14-6-19)31(27)36(39)32-24-15-7-20(8-16-24)28(32)34/h17-24,40H,1-16H2. The number of nitrogens with one attached hydrogen (secondary N) is 1. The third kappa shape index (κ3) is 2.99. The first kappa shape index (κ1) is 24.5. The van der Waals surface area contributed by atoms with Crippen LogP contribution in [0.4, 0.5) is 0 Å². The van der Waals surface area contributed by atoms with Gasteiger partial charge in [0.1, 0.15) is 0 Å². The largest absolute Gasteiger partial charge is 0.300 e. The first-order valence-corrected chi connectivity index (χ1v) is 18.6. The highest BCUT2D eigenvalue weighted by molar-refractivity contribution is 9.11. The minimum absolute atomic E-state index is 0.674. The molecule has 0 radical (unpaired) electrons. The van der Waals surface area contributed by atoms with E-state index in [-0.39, 0.29) is 0 Å². The van der Waals surface area contributed by atoms with Crippen LogP contribution in [0.3, 0.4) is 0 Å². The van der Waals surface area contributed by atoms with Gasteiger partial charge in [0.2, 0.25) is 0 Å². The summed E-state index contributed by atoms with van der Waals surface area (Å²) < 4.78 is 3.02. The molecule has 0 atom stereocenters. The molecule has 4 fully saturated rings. The van der Waals surface area contributed by atoms with Gasteiger partial charge in [-0.05, 0) is 195 Å². The van der Waals surface area contributed by atoms with Crippen LogP contribution in [0.25, 0.3) is 0 Å². The summed E-state index contributed by atoms with van der Waals surface area (Å²) in [5, 5.41) is 10.6. The molecule has 0 heterocycles. The number of hydrogen-bond acceptors (Lipinski definition) is 1. The molecule has 208 valence electrons. The number of rotatable bonds is 2. The van der Waals surface area contributed by atoms with E-state index in [1.54, 1.807) is 44.5 Å². The lowest BCUT2D eigenvalue weighted by Crippen LogP contribution is -2.35. The van der Waals surface area contributed by atoms with Gasteiger partial charge in [0.05, 0.1) is 5.71 Å². The quantitative estimate of drug-likeness (QED) is 0.310. The average Bonchev–Trinajstić information content (AvgIpc) is 3.03. The van der Waals surface area contributed by atoms with Crippen molar-refractivity contribution in [3.8, 4) is 0 Å². The Labute approximate surface area is 256 Å². The molecule has 14 rings (SSSR count). The molecular weight excluding hydrogens is 618 g/mol. The summed E-state index contributed by atoms with van der Waals surface area (Å²) in [6.07, 6.45) is 21.7. The Balaban J connectivity index is 1.31. The summed E-state index contributed by atoms with van der Waals surface area (Å²) in [4.78, 5) is 0. The van der Waals surface area contributed by atoms with Crippen LogP contribution in [0, 0.1) is 5.41 Å². The SMILES string of the molecule is N=C(c1c2c(c(Br)c3c1C1CCC3CC1)C1CCC2CC1)c1c2c(c(Br)c3c1C1CCC3CC1)C1CCC2CC1. The average molecular weight is 660 g/mol. The number of halogens is 2. The van der Waals surface area contributed by atoms with E-state index in [0.717, 1.165) is 5.71 Å². The molecule has 4 saturated carbocycles. The van der Waals surface area contributed by atoms with Gasteiger partial charge < -0.3 is 0 Å². The fraction of sp³-hybridized carbons (Fsp3) is 0.649. The molecule has 2 aromatic rings. The van der Waals surface area contributed by atoms with E-state index in [1.165, 1.54) is 123 Å². The lowest BCUT2D eigenvalue weighted by Gasteiger charge is -2.49. The van der Waals surface area contributed by atoms with Crippen LogP contribution < -0.4 is 0 Å². The van der Waals surface area contributed by atoms with Gasteiger partial charge >= 0.3 is 0 Å². The van der Waals surface area contributed by atoms with Crippen molar-refractivity contribution in [1.29, 1.82) is 5.41 Å². The van der Waals surface area contributed by atoms with Crippen LogP contribution in [0.1, 0.15) is 206 Å². The normalized spacial score (nSPS) is 37.2. The minimum atomic E-state index is 0.674. The lowest BCUT2D eigenvalue weighted by atomic mass is 9.56. The molecule has 8 bridgehead atoms. The molecule has 0 aromatic heterocycles. The summed E-state index contributed by atoms with van der Waals surface area (Å²) in [7, 11) is 0. The molecular formula is C37H41Br2N. The van der Waals surface area contributed by atoms with Crippen molar-refractivity contribution in [2.45, 2.75) is 150 Å². The topological polar surface area (TPSA) is 23.9 Å². The number of fused-ring (bicyclic) bond motifs is 8. The third-order valence-electron chi connectivity index (χ3n) is 13.9. The van der Waals surface area contributed by atoms with Crippen molar-refractivity contribution in [3.63, 3.8) is 0 Å². The van der Waals surface area contributed by atoms with Gasteiger partial charge in [-0.2, -0.15) is 0 Å². The van der Waals surface area contributed by atoms with Gasteiger partial charge in [-0.25, -0.2) is 0 Å². The Bertz CT molecular complexity index is 1280. The molecule has 0 spiro atoms. The van der Waals surface area contributed by atoms with E-state index in [9.17, 15) is 5.41 Å². The Morgan fingerprint density at radius 2 is 0.525 bits per heavy atom. The van der Waals surface area contributed by atoms with E-state index in [2.05, 4.69) is 31.9 Å². The fourth-order valence-corrected chi connectivity index (χ4v) is 14.4. The predicted molar refractivity (Wildman–Crippen MR) is 170 cm³/mol. The molecule has 40 heavy (non-hydrogen) atoms. The molecule has 0 saturated heterocycles. The summed E-state index contributed by atoms with van der Waals surface area (Å²) in [5.41, 5.74) is 17.4. The molecule has 3 heteroatoms. The molecule has 12 aliphatic rings. The van der Waals surface area contributed by atoms with Gasteiger partial charge in [0.25, 0.3) is 0 Å². The van der Waals surface area contributed by atoms with Crippen LogP contribution in [0.5, 0.6) is 0 Å². The second-order valence-corrected chi connectivity index (χ2v) is 16.8. The molecule has 1 nitrogen and oxygen atoms in total. The van der Waals surface area contributed by atoms with E-state index in [1.807, 2.05) is 0 Å². The van der Waals surface area contributed by atoms with Crippen molar-refractivity contribution in [1.82, 2.24) is 0 Å². The molecule has 12 aliphatic carbocycles. The molecule has 0 amide bonds. The van der Waals surface area contributed by atoms with Gasteiger partial charge in [-0.1, -0.05) is 31.9 Å². The van der Waals surface area contributed by atoms with E-state index in [0.29, 0.717) is 47.3 Å². The Kier molecular flexibility index (Phi) is 5.26. The molecule has 1 N–H and O–H groups in total. The van der Waals surface area contributed by atoms with E-state index < -0.39 is 0 Å². The van der Waals surface area contributed by atoms with Gasteiger partial charge in [0.15, 0.2) is 0 Å². The monoisotopic (exact) mass is 657 g/mol. The maximum absolute atomic E-state index is 10.6. The smallest absolute Gasteiger partial charge is 0.0696 e. The fourth-order valence-electron chi connectivity index (χ4n) is 12.2. The zero-order chi connectivity index (χ0) is 26.4. The Hall–Kier alpha value is -0.930. The zero-order valence-corrected chi connectivity index (χ0v) is 26.9. The van der Waals surface area contributed by atoms with Gasteiger partial charge in [-0.3, -0.25) is 5.41 Å². The Morgan fingerprint density at radius 3 is 0.725 bits per heavy atom. The first-order valence-electron chi connectivity index (χ1n) is 17.0. The highest BCUT2D eigenvalue weighted by Gasteiger charge is 2.48. The second-order valence-electron chi connectivity index (χ2n) is 15.3. The second kappa shape index (κ2) is 8.58. The van der Waals surface area contributed by atoms with Gasteiger partial charge in [-0.15, -0.1) is 0 Å². The molecule has 0 unspecified atom stereocenters. The van der Waals surface area contributed by atoms with Crippen molar-refractivity contribution < 1.29 is 0 Å². The minimum Gasteiger partial charge on any atom is -0.300 e. The van der Waals surface area contributed by atoms with Crippen LogP contribution in [-0.4, -0.2) is 5.71 Å². The van der Waals surface area contributed by atoms with Crippen molar-refractivity contribution >= 4 is 37.6 Å². The summed E-state index contributed by atoms with van der Waals surface area (Å²) in [6.45, 7) is 0. The summed E-state index contributed by atoms with van der Waals surface area (Å²) >= 11 is 8.60. The summed E-state index contributed by atoms with van der Waals surface area (Å²) in [6, 6.07) is 0. The van der Waals surface area contributed by atoms with Gasteiger partial charge in [0, 0.05) is 20.1 Å². The highest BCUT2D eigenvalue weighted by atomic mass is 79.9. The number of hydrogen-bond donors (Lipinski definition) is 1. The van der Waals surface area contributed by atoms with Crippen LogP contribution in [0.2, 0.25) is 0 Å². The molecule has 2 aromatic carbocycles. The highest BCUT2D eigenvalue weighted by Crippen LogP contribution is 2.64. The van der Waals surface area contributed by atoms with Crippen molar-refractivity contribution in [2.24, 2.45) is 0 Å². The van der Waals surface area contributed by atoms with Crippen LogP contribution in [0.15, 0.2) is 8.95 Å². The predicted octanol–water partition coefficient (Wildman–Crippen LogP) is 11.6. The maximum atomic E-state index is 10.6.